The lowest BCUT2D eigenvalue weighted by Crippen LogP contribution is -2.28. The Morgan fingerprint density at radius 1 is 1.47 bits per heavy atom. The molecule has 1 heterocycles. The number of aromatic nitrogens is 2. The number of H-pyrrole nitrogens is 1. The number of aromatic amines is 1. The van der Waals surface area contributed by atoms with Crippen LogP contribution in [0.3, 0.4) is 0 Å². The molecule has 1 aliphatic rings. The number of nitrogens with one attached hydrogen (secondary N) is 2. The van der Waals surface area contributed by atoms with Crippen LogP contribution in [0.2, 0.25) is 0 Å². The molecule has 2 N–H and O–H groups in total. The van der Waals surface area contributed by atoms with Crippen LogP contribution in [0, 0.1) is 5.92 Å². The van der Waals surface area contributed by atoms with E-state index in [9.17, 15) is 8.42 Å². The minimum absolute atomic E-state index is 0.139. The van der Waals surface area contributed by atoms with Crippen molar-refractivity contribution in [2.75, 3.05) is 6.54 Å². The molecular weight excluding hydrogens is 214 g/mol. The molecule has 0 atom stereocenters. The van der Waals surface area contributed by atoms with E-state index >= 15 is 0 Å². The number of sulfonamides is 1. The molecule has 5 nitrogen and oxygen atoms in total. The molecule has 1 aliphatic carbocycles. The number of hydrogen-bond acceptors (Lipinski definition) is 3. The highest BCUT2D eigenvalue weighted by molar-refractivity contribution is 7.89. The molecule has 0 unspecified atom stereocenters. The van der Waals surface area contributed by atoms with E-state index in [2.05, 4.69) is 14.7 Å². The lowest BCUT2D eigenvalue weighted by Gasteiger charge is -2.09. The van der Waals surface area contributed by atoms with Gasteiger partial charge in [0.25, 0.3) is 10.0 Å². The molecule has 0 radical (unpaired) electrons. The van der Waals surface area contributed by atoms with Crippen LogP contribution in [0.5, 0.6) is 0 Å². The van der Waals surface area contributed by atoms with Gasteiger partial charge in [-0.1, -0.05) is 12.8 Å². The second-order valence-electron chi connectivity index (χ2n) is 3.92. The SMILES string of the molecule is O=S(=O)(NCC1CCCC1)c1cnc[nH]1. The molecule has 15 heavy (non-hydrogen) atoms. The fraction of sp³-hybridized carbons (Fsp3) is 0.667. The van der Waals surface area contributed by atoms with E-state index in [0.717, 1.165) is 12.8 Å². The largest absolute Gasteiger partial charge is 0.335 e. The molecule has 0 spiro atoms. The van der Waals surface area contributed by atoms with E-state index in [-0.39, 0.29) is 5.03 Å². The molecule has 1 fully saturated rings. The van der Waals surface area contributed by atoms with Gasteiger partial charge in [0.1, 0.15) is 0 Å². The minimum atomic E-state index is -3.37. The van der Waals surface area contributed by atoms with Crippen LogP contribution < -0.4 is 4.72 Å². The highest BCUT2D eigenvalue weighted by atomic mass is 32.2. The van der Waals surface area contributed by atoms with Crippen molar-refractivity contribution in [1.82, 2.24) is 14.7 Å². The van der Waals surface area contributed by atoms with Gasteiger partial charge >= 0.3 is 0 Å². The van der Waals surface area contributed by atoms with Crippen molar-refractivity contribution >= 4 is 10.0 Å². The Bertz CT molecular complexity index is 393. The first-order valence-electron chi connectivity index (χ1n) is 5.16. The van der Waals surface area contributed by atoms with Gasteiger partial charge in [-0.05, 0) is 18.8 Å². The van der Waals surface area contributed by atoms with Gasteiger partial charge in [-0.25, -0.2) is 18.1 Å². The topological polar surface area (TPSA) is 74.8 Å². The monoisotopic (exact) mass is 229 g/mol. The molecule has 0 amide bonds. The average molecular weight is 229 g/mol. The van der Waals surface area contributed by atoms with Crippen molar-refractivity contribution in [3.8, 4) is 0 Å². The van der Waals surface area contributed by atoms with E-state index in [4.69, 9.17) is 0 Å². The summed E-state index contributed by atoms with van der Waals surface area (Å²) in [6.45, 7) is 0.543. The first-order valence-corrected chi connectivity index (χ1v) is 6.65. The Hall–Kier alpha value is -0.880. The fourth-order valence-corrected chi connectivity index (χ4v) is 2.93. The zero-order chi connectivity index (χ0) is 10.7. The first-order chi connectivity index (χ1) is 7.18. The van der Waals surface area contributed by atoms with Gasteiger partial charge in [-0.2, -0.15) is 0 Å². The number of hydrogen-bond donors (Lipinski definition) is 2. The summed E-state index contributed by atoms with van der Waals surface area (Å²) in [5.74, 6) is 0.502. The molecule has 0 aromatic carbocycles. The van der Waals surface area contributed by atoms with Crippen molar-refractivity contribution in [3.05, 3.63) is 12.5 Å². The molecule has 1 aromatic heterocycles. The van der Waals surface area contributed by atoms with Crippen LogP contribution in [0.1, 0.15) is 25.7 Å². The highest BCUT2D eigenvalue weighted by Crippen LogP contribution is 2.24. The summed E-state index contributed by atoms with van der Waals surface area (Å²) < 4.78 is 25.9. The maximum absolute atomic E-state index is 11.7. The van der Waals surface area contributed by atoms with Crippen molar-refractivity contribution in [1.29, 1.82) is 0 Å². The summed E-state index contributed by atoms with van der Waals surface area (Å²) in [7, 11) is -3.37. The fourth-order valence-electron chi connectivity index (χ4n) is 1.91. The zero-order valence-corrected chi connectivity index (χ0v) is 9.26. The second kappa shape index (κ2) is 4.32. The average Bonchev–Trinajstić information content (AvgIpc) is 2.88. The lowest BCUT2D eigenvalue weighted by atomic mass is 10.1. The third-order valence-electron chi connectivity index (χ3n) is 2.80. The predicted octanol–water partition coefficient (Wildman–Crippen LogP) is 0.878. The van der Waals surface area contributed by atoms with E-state index in [1.165, 1.54) is 25.4 Å². The van der Waals surface area contributed by atoms with E-state index < -0.39 is 10.0 Å². The van der Waals surface area contributed by atoms with Gasteiger partial charge in [-0.15, -0.1) is 0 Å². The lowest BCUT2D eigenvalue weighted by molar-refractivity contribution is 0.518. The Morgan fingerprint density at radius 3 is 2.80 bits per heavy atom. The van der Waals surface area contributed by atoms with Crippen molar-refractivity contribution in [3.63, 3.8) is 0 Å². The maximum atomic E-state index is 11.7. The quantitative estimate of drug-likeness (QED) is 0.804. The normalized spacial score (nSPS) is 18.4. The Labute approximate surface area is 89.4 Å². The number of nitrogens with zero attached hydrogens (tertiary/aromatic N) is 1. The Morgan fingerprint density at radius 2 is 2.20 bits per heavy atom. The molecule has 0 saturated heterocycles. The molecule has 2 rings (SSSR count). The van der Waals surface area contributed by atoms with Crippen LogP contribution in [0.4, 0.5) is 0 Å². The number of rotatable bonds is 4. The van der Waals surface area contributed by atoms with Gasteiger partial charge in [0, 0.05) is 6.54 Å². The Balaban J connectivity index is 1.93. The van der Waals surface area contributed by atoms with Crippen LogP contribution in [0.25, 0.3) is 0 Å². The second-order valence-corrected chi connectivity index (χ2v) is 5.65. The van der Waals surface area contributed by atoms with Crippen LogP contribution in [-0.2, 0) is 10.0 Å². The smallest absolute Gasteiger partial charge is 0.257 e. The highest BCUT2D eigenvalue weighted by Gasteiger charge is 2.20. The molecule has 0 bridgehead atoms. The standard InChI is InChI=1S/C9H15N3O2S/c13-15(14,9-6-10-7-11-9)12-5-8-3-1-2-4-8/h6-8,12H,1-5H2,(H,10,11). The van der Waals surface area contributed by atoms with Crippen LogP contribution in [-0.4, -0.2) is 24.9 Å². The molecule has 84 valence electrons. The maximum Gasteiger partial charge on any atom is 0.257 e. The van der Waals surface area contributed by atoms with Gasteiger partial charge in [0.05, 0.1) is 12.5 Å². The van der Waals surface area contributed by atoms with Gasteiger partial charge in [-0.3, -0.25) is 0 Å². The summed E-state index contributed by atoms with van der Waals surface area (Å²) in [6.07, 6.45) is 7.38. The minimum Gasteiger partial charge on any atom is -0.335 e. The summed E-state index contributed by atoms with van der Waals surface area (Å²) in [5.41, 5.74) is 0. The van der Waals surface area contributed by atoms with Crippen molar-refractivity contribution < 1.29 is 8.42 Å². The van der Waals surface area contributed by atoms with Gasteiger partial charge in [0.15, 0.2) is 5.03 Å². The molecule has 1 aromatic rings. The van der Waals surface area contributed by atoms with Crippen molar-refractivity contribution in [2.24, 2.45) is 5.92 Å². The summed E-state index contributed by atoms with van der Waals surface area (Å²) in [5, 5.41) is 0.139. The number of imidazole rings is 1. The molecule has 6 heteroatoms. The molecule has 1 saturated carbocycles. The van der Waals surface area contributed by atoms with E-state index in [1.807, 2.05) is 0 Å². The predicted molar refractivity (Wildman–Crippen MR) is 55.7 cm³/mol. The van der Waals surface area contributed by atoms with E-state index in [0.29, 0.717) is 12.5 Å². The summed E-state index contributed by atoms with van der Waals surface area (Å²) in [6, 6.07) is 0. The van der Waals surface area contributed by atoms with Gasteiger partial charge in [0.2, 0.25) is 0 Å². The third-order valence-corrected chi connectivity index (χ3v) is 4.15. The van der Waals surface area contributed by atoms with Crippen LogP contribution >= 0.6 is 0 Å². The molecule has 0 aliphatic heterocycles. The van der Waals surface area contributed by atoms with E-state index in [1.54, 1.807) is 0 Å². The Kier molecular flexibility index (Phi) is 3.06. The zero-order valence-electron chi connectivity index (χ0n) is 8.44. The van der Waals surface area contributed by atoms with Gasteiger partial charge < -0.3 is 4.98 Å². The first kappa shape index (κ1) is 10.6. The van der Waals surface area contributed by atoms with Crippen LogP contribution in [0.15, 0.2) is 17.6 Å². The molecular formula is C9H15N3O2S. The summed E-state index contributed by atoms with van der Waals surface area (Å²) in [4.78, 5) is 6.28. The summed E-state index contributed by atoms with van der Waals surface area (Å²) >= 11 is 0. The third kappa shape index (κ3) is 2.57. The van der Waals surface area contributed by atoms with Crippen molar-refractivity contribution in [2.45, 2.75) is 30.7 Å².